The minimum atomic E-state index is -0.309. The Balaban J connectivity index is 1.72. The Morgan fingerprint density at radius 3 is 2.74 bits per heavy atom. The molecule has 1 aromatic heterocycles. The van der Waals surface area contributed by atoms with Crippen LogP contribution in [0.4, 0.5) is 5.69 Å². The summed E-state index contributed by atoms with van der Waals surface area (Å²) in [5.41, 5.74) is 0.851. The first-order valence-electron chi connectivity index (χ1n) is 8.49. The van der Waals surface area contributed by atoms with Crippen LogP contribution in [-0.4, -0.2) is 31.0 Å². The van der Waals surface area contributed by atoms with Crippen LogP contribution in [0.5, 0.6) is 11.5 Å². The number of rotatable bonds is 5. The van der Waals surface area contributed by atoms with Crippen LogP contribution in [0.15, 0.2) is 53.5 Å². The van der Waals surface area contributed by atoms with E-state index in [1.165, 1.54) is 4.57 Å². The molecule has 0 fully saturated rings. The minimum absolute atomic E-state index is 0.151. The van der Waals surface area contributed by atoms with Crippen molar-refractivity contribution in [3.63, 3.8) is 0 Å². The third-order valence-electron chi connectivity index (χ3n) is 4.40. The van der Waals surface area contributed by atoms with Crippen molar-refractivity contribution in [2.24, 2.45) is 0 Å². The third-order valence-corrected chi connectivity index (χ3v) is 4.40. The molecule has 0 unspecified atom stereocenters. The number of anilines is 1. The van der Waals surface area contributed by atoms with Crippen LogP contribution < -0.4 is 20.3 Å². The van der Waals surface area contributed by atoms with Gasteiger partial charge in [0.25, 0.3) is 11.5 Å². The highest BCUT2D eigenvalue weighted by molar-refractivity contribution is 6.12. The molecule has 0 atom stereocenters. The number of nitrogens with one attached hydrogen (secondary N) is 1. The SMILES string of the molecule is COCCn1cc(C(=O)Nc2ccc3c(c2)OCO3)c2ccccc2c1=O. The zero-order chi connectivity index (χ0) is 18.8. The van der Waals surface area contributed by atoms with Gasteiger partial charge in [0, 0.05) is 42.4 Å². The van der Waals surface area contributed by atoms with Crippen LogP contribution in [0.2, 0.25) is 0 Å². The molecule has 138 valence electrons. The minimum Gasteiger partial charge on any atom is -0.454 e. The lowest BCUT2D eigenvalue weighted by Gasteiger charge is -2.12. The highest BCUT2D eigenvalue weighted by atomic mass is 16.7. The maximum atomic E-state index is 12.9. The summed E-state index contributed by atoms with van der Waals surface area (Å²) < 4.78 is 17.2. The topological polar surface area (TPSA) is 78.8 Å². The van der Waals surface area contributed by atoms with Crippen molar-refractivity contribution in [3.8, 4) is 11.5 Å². The van der Waals surface area contributed by atoms with Gasteiger partial charge in [-0.2, -0.15) is 0 Å². The van der Waals surface area contributed by atoms with E-state index in [9.17, 15) is 9.59 Å². The number of ether oxygens (including phenoxy) is 3. The van der Waals surface area contributed by atoms with Crippen LogP contribution in [0.3, 0.4) is 0 Å². The van der Waals surface area contributed by atoms with Crippen molar-refractivity contribution >= 4 is 22.4 Å². The predicted molar refractivity (Wildman–Crippen MR) is 101 cm³/mol. The third kappa shape index (κ3) is 3.24. The second kappa shape index (κ2) is 7.13. The fourth-order valence-corrected chi connectivity index (χ4v) is 3.05. The summed E-state index contributed by atoms with van der Waals surface area (Å²) >= 11 is 0. The largest absolute Gasteiger partial charge is 0.454 e. The Morgan fingerprint density at radius 1 is 1.15 bits per heavy atom. The highest BCUT2D eigenvalue weighted by Gasteiger charge is 2.17. The number of aromatic nitrogens is 1. The Labute approximate surface area is 155 Å². The van der Waals surface area contributed by atoms with Gasteiger partial charge in [0.05, 0.1) is 12.2 Å². The number of carbonyl (C=O) groups is 1. The average molecular weight is 366 g/mol. The smallest absolute Gasteiger partial charge is 0.258 e. The molecule has 2 heterocycles. The van der Waals surface area contributed by atoms with E-state index in [2.05, 4.69) is 5.32 Å². The first-order valence-corrected chi connectivity index (χ1v) is 8.49. The fraction of sp³-hybridized carbons (Fsp3) is 0.200. The van der Waals surface area contributed by atoms with Crippen molar-refractivity contribution in [2.75, 3.05) is 25.8 Å². The van der Waals surface area contributed by atoms with E-state index in [0.717, 1.165) is 0 Å². The summed E-state index contributed by atoms with van der Waals surface area (Å²) in [4.78, 5) is 25.6. The molecule has 1 amide bonds. The van der Waals surface area contributed by atoms with Gasteiger partial charge in [-0.3, -0.25) is 9.59 Å². The molecule has 1 N–H and O–H groups in total. The van der Waals surface area contributed by atoms with Crippen LogP contribution in [0.25, 0.3) is 10.8 Å². The molecule has 0 spiro atoms. The van der Waals surface area contributed by atoms with E-state index >= 15 is 0 Å². The Morgan fingerprint density at radius 2 is 1.93 bits per heavy atom. The molecular weight excluding hydrogens is 348 g/mol. The van der Waals surface area contributed by atoms with E-state index in [4.69, 9.17) is 14.2 Å². The summed E-state index contributed by atoms with van der Waals surface area (Å²) in [6.45, 7) is 0.910. The number of carbonyl (C=O) groups excluding carboxylic acids is 1. The van der Waals surface area contributed by atoms with E-state index < -0.39 is 0 Å². The summed E-state index contributed by atoms with van der Waals surface area (Å²) in [6, 6.07) is 12.3. The van der Waals surface area contributed by atoms with Crippen LogP contribution in [0, 0.1) is 0 Å². The fourth-order valence-electron chi connectivity index (χ4n) is 3.05. The molecule has 4 rings (SSSR count). The van der Waals surface area contributed by atoms with E-state index in [1.54, 1.807) is 55.8 Å². The molecule has 0 saturated carbocycles. The number of benzene rings is 2. The first kappa shape index (κ1) is 17.1. The van der Waals surface area contributed by atoms with Crippen LogP contribution in [-0.2, 0) is 11.3 Å². The highest BCUT2D eigenvalue weighted by Crippen LogP contribution is 2.34. The standard InChI is InChI=1S/C20H18N2O5/c1-25-9-8-22-11-16(14-4-2-3-5-15(14)20(22)24)19(23)21-13-6-7-17-18(10-13)27-12-26-17/h2-7,10-11H,8-9,12H2,1H3,(H,21,23). The summed E-state index contributed by atoms with van der Waals surface area (Å²) in [6.07, 6.45) is 1.58. The van der Waals surface area contributed by atoms with Gasteiger partial charge < -0.3 is 24.1 Å². The molecule has 0 radical (unpaired) electrons. The maximum absolute atomic E-state index is 12.9. The maximum Gasteiger partial charge on any atom is 0.258 e. The van der Waals surface area contributed by atoms with Gasteiger partial charge in [-0.05, 0) is 18.2 Å². The van der Waals surface area contributed by atoms with Crippen molar-refractivity contribution in [1.29, 1.82) is 0 Å². The Bertz CT molecular complexity index is 1070. The number of methoxy groups -OCH3 is 1. The summed E-state index contributed by atoms with van der Waals surface area (Å²) in [5, 5.41) is 3.96. The van der Waals surface area contributed by atoms with E-state index in [0.29, 0.717) is 46.7 Å². The molecular formula is C20H18N2O5. The van der Waals surface area contributed by atoms with Gasteiger partial charge in [-0.1, -0.05) is 18.2 Å². The lowest BCUT2D eigenvalue weighted by molar-refractivity contribution is 0.102. The number of amides is 1. The predicted octanol–water partition coefficient (Wildman–Crippen LogP) is 2.63. The van der Waals surface area contributed by atoms with Crippen LogP contribution >= 0.6 is 0 Å². The van der Waals surface area contributed by atoms with Crippen molar-refractivity contribution < 1.29 is 19.0 Å². The van der Waals surface area contributed by atoms with Gasteiger partial charge in [0.2, 0.25) is 6.79 Å². The van der Waals surface area contributed by atoms with Gasteiger partial charge in [-0.15, -0.1) is 0 Å². The number of pyridine rings is 1. The second-order valence-electron chi connectivity index (χ2n) is 6.10. The molecule has 27 heavy (non-hydrogen) atoms. The van der Waals surface area contributed by atoms with Gasteiger partial charge in [0.1, 0.15) is 0 Å². The Kier molecular flexibility index (Phi) is 4.52. The monoisotopic (exact) mass is 366 g/mol. The van der Waals surface area contributed by atoms with Crippen LogP contribution in [0.1, 0.15) is 10.4 Å². The zero-order valence-corrected chi connectivity index (χ0v) is 14.7. The average Bonchev–Trinajstić information content (AvgIpc) is 3.15. The van der Waals surface area contributed by atoms with Gasteiger partial charge >= 0.3 is 0 Å². The lowest BCUT2D eigenvalue weighted by atomic mass is 10.1. The molecule has 0 bridgehead atoms. The number of fused-ring (bicyclic) bond motifs is 2. The molecule has 1 aliphatic rings. The number of hydrogen-bond acceptors (Lipinski definition) is 5. The molecule has 7 heteroatoms. The molecule has 3 aromatic rings. The number of nitrogens with zero attached hydrogens (tertiary/aromatic N) is 1. The molecule has 7 nitrogen and oxygen atoms in total. The van der Waals surface area contributed by atoms with Crippen molar-refractivity contribution in [2.45, 2.75) is 6.54 Å². The Hall–Kier alpha value is -3.32. The van der Waals surface area contributed by atoms with Crippen molar-refractivity contribution in [1.82, 2.24) is 4.57 Å². The first-order chi connectivity index (χ1) is 13.2. The van der Waals surface area contributed by atoms with E-state index in [1.807, 2.05) is 0 Å². The zero-order valence-electron chi connectivity index (χ0n) is 14.7. The summed E-state index contributed by atoms with van der Waals surface area (Å²) in [7, 11) is 1.57. The quantitative estimate of drug-likeness (QED) is 0.751. The lowest BCUT2D eigenvalue weighted by Crippen LogP contribution is -2.25. The normalized spacial score (nSPS) is 12.3. The second-order valence-corrected chi connectivity index (χ2v) is 6.10. The number of hydrogen-bond donors (Lipinski definition) is 1. The molecule has 1 aliphatic heterocycles. The molecule has 0 aliphatic carbocycles. The summed E-state index contributed by atoms with van der Waals surface area (Å²) in [5.74, 6) is 0.922. The van der Waals surface area contributed by atoms with Gasteiger partial charge in [0.15, 0.2) is 11.5 Å². The van der Waals surface area contributed by atoms with E-state index in [-0.39, 0.29) is 18.3 Å². The molecule has 0 saturated heterocycles. The van der Waals surface area contributed by atoms with Gasteiger partial charge in [-0.25, -0.2) is 0 Å². The van der Waals surface area contributed by atoms with Crippen molar-refractivity contribution in [3.05, 3.63) is 64.6 Å². The molecule has 2 aromatic carbocycles.